The van der Waals surface area contributed by atoms with E-state index in [9.17, 15) is 77.3 Å². The molecule has 34 nitrogen and oxygen atoms in total. The summed E-state index contributed by atoms with van der Waals surface area (Å²) >= 11 is 0. The van der Waals surface area contributed by atoms with Crippen LogP contribution < -0.4 is 34.4 Å². The molecule has 0 saturated carbocycles. The van der Waals surface area contributed by atoms with Crippen LogP contribution in [0.25, 0.3) is 0 Å². The lowest BCUT2D eigenvalue weighted by Crippen LogP contribution is -2.49. The molecule has 0 aromatic heterocycles. The molecule has 0 amide bonds. The monoisotopic (exact) mass is 1560 g/mol. The standard InChI is InChI=1S/C22H32N2O8.C21H38N2O8.C17H23NO6.C16H21NO6/c1-12(2)17(23)21(28)31-15(10-16(25)30-11-14-8-6-5-7-9-14)19(20(26)27)32-22(29)18(24)13(3)4;1-8-11(3)15(22)19(27)29-13(10-14(24)31-21(5,6)7)17(18(25)26)30-20(28)16(23)12(4)9-2;1-3-11(2)15(18)17(22)24-13(16(20)21)9-14(19)23-10-12-7-5-4-6-8-12;1-10(2)14(17)16(21)23-12(15(19)20)8-13(18)22-9-11-6-4-3-5-7-11/h5-9,12-13,15,17-19H,10-11,23-24H2,1-4H3,(H,26,27);11-13,15-17H,8-10,22-23H2,1-7H3,(H,25,26);4-8,11,13,15H,3,9-10,18H2,1-2H3,(H,20,21);3-7,10,12,14H,8-9,17H2,1-2H3,(H,19,20)/t15?,17-,18-,19?;11-,12-,13?,15-,16-,17?;11-,13?,15-;12?,14-/m0000/s1. The Bertz CT molecular complexity index is 3390. The minimum atomic E-state index is -1.97. The number of esters is 10. The van der Waals surface area contributed by atoms with Crippen molar-refractivity contribution in [1.29, 1.82) is 0 Å². The number of hydrogen-bond donors (Lipinski definition) is 10. The first kappa shape index (κ1) is 100. The predicted octanol–water partition coefficient (Wildman–Crippen LogP) is 4.96. The molecule has 6 unspecified atom stereocenters. The molecule has 0 radical (unpaired) electrons. The molecule has 0 spiro atoms. The molecule has 0 aliphatic heterocycles. The van der Waals surface area contributed by atoms with Crippen molar-refractivity contribution >= 4 is 83.6 Å². The predicted molar refractivity (Wildman–Crippen MR) is 394 cm³/mol. The van der Waals surface area contributed by atoms with Crippen molar-refractivity contribution in [2.45, 2.75) is 247 Å². The van der Waals surface area contributed by atoms with E-state index < -0.39 is 188 Å². The van der Waals surface area contributed by atoms with Gasteiger partial charge in [-0.25, -0.2) is 19.2 Å². The van der Waals surface area contributed by atoms with Gasteiger partial charge in [-0.3, -0.25) is 47.9 Å². The maximum Gasteiger partial charge on any atom is 0.349 e. The van der Waals surface area contributed by atoms with Crippen LogP contribution in [0.15, 0.2) is 91.0 Å². The largest absolute Gasteiger partial charge is 0.478 e. The number of hydrogen-bond acceptors (Lipinski definition) is 30. The highest BCUT2D eigenvalue weighted by Gasteiger charge is 2.42. The molecule has 16 N–H and O–H groups in total. The maximum absolute atomic E-state index is 12.5. The second-order valence-electron chi connectivity index (χ2n) is 27.8. The third-order valence-electron chi connectivity index (χ3n) is 16.4. The zero-order valence-corrected chi connectivity index (χ0v) is 65.2. The fourth-order valence-corrected chi connectivity index (χ4v) is 8.33. The van der Waals surface area contributed by atoms with Crippen LogP contribution in [0, 0.1) is 35.5 Å². The lowest BCUT2D eigenvalue weighted by atomic mass is 10.00. The topological polar surface area (TPSA) is 568 Å². The molecular weight excluding hydrogens is 1440 g/mol. The van der Waals surface area contributed by atoms with Crippen LogP contribution >= 0.6 is 0 Å². The van der Waals surface area contributed by atoms with Crippen molar-refractivity contribution in [2.24, 2.45) is 69.9 Å². The fraction of sp³-hybridized carbons (Fsp3) is 0.579. The number of nitrogens with two attached hydrogens (primary N) is 6. The zero-order valence-electron chi connectivity index (χ0n) is 65.2. The van der Waals surface area contributed by atoms with Gasteiger partial charge in [0, 0.05) is 0 Å². The van der Waals surface area contributed by atoms with Crippen molar-refractivity contribution in [3.05, 3.63) is 108 Å². The first-order valence-electron chi connectivity index (χ1n) is 35.7. The average molecular weight is 1560 g/mol. The summed E-state index contributed by atoms with van der Waals surface area (Å²) in [6.07, 6.45) is -11.1. The molecule has 3 aromatic carbocycles. The van der Waals surface area contributed by atoms with Crippen LogP contribution in [0.2, 0.25) is 0 Å². The first-order valence-corrected chi connectivity index (χ1v) is 35.7. The van der Waals surface area contributed by atoms with Crippen LogP contribution in [0.5, 0.6) is 0 Å². The lowest BCUT2D eigenvalue weighted by molar-refractivity contribution is -0.185. The minimum Gasteiger partial charge on any atom is -0.478 e. The molecule has 110 heavy (non-hydrogen) atoms. The van der Waals surface area contributed by atoms with Crippen molar-refractivity contribution in [2.75, 3.05) is 0 Å². The summed E-state index contributed by atoms with van der Waals surface area (Å²) in [5.41, 5.74) is 35.9. The molecule has 15 atom stereocenters. The van der Waals surface area contributed by atoms with Gasteiger partial charge in [0.2, 0.25) is 24.4 Å². The van der Waals surface area contributed by atoms with Gasteiger partial charge in [-0.1, -0.05) is 193 Å². The molecular formula is C76H114N6O28. The summed E-state index contributed by atoms with van der Waals surface area (Å²) in [5, 5.41) is 37.4. The van der Waals surface area contributed by atoms with Gasteiger partial charge in [0.05, 0.1) is 25.7 Å². The smallest absolute Gasteiger partial charge is 0.349 e. The highest BCUT2D eigenvalue weighted by molar-refractivity contribution is 5.87. The van der Waals surface area contributed by atoms with E-state index in [1.807, 2.05) is 32.9 Å². The molecule has 0 saturated heterocycles. The van der Waals surface area contributed by atoms with E-state index in [1.54, 1.807) is 162 Å². The number of benzene rings is 3. The second kappa shape index (κ2) is 51.4. The van der Waals surface area contributed by atoms with E-state index in [4.69, 9.17) is 92.0 Å². The summed E-state index contributed by atoms with van der Waals surface area (Å²) in [6, 6.07) is 20.5. The van der Waals surface area contributed by atoms with Crippen LogP contribution in [-0.2, 0) is 134 Å². The molecule has 0 aliphatic rings. The van der Waals surface area contributed by atoms with E-state index in [-0.39, 0.29) is 55.3 Å². The van der Waals surface area contributed by atoms with Gasteiger partial charge >= 0.3 is 83.6 Å². The van der Waals surface area contributed by atoms with Gasteiger partial charge in [-0.2, -0.15) is 0 Å². The Kier molecular flexibility index (Phi) is 46.7. The molecule has 3 rings (SSSR count). The average Bonchev–Trinajstić information content (AvgIpc) is 0.851. The SMILES string of the molecule is CC(C)[C@H](N)C(=O)OC(CC(=O)OCc1ccccc1)C(=O)O.CC(C)[C@H](N)C(=O)OC(CC(=O)OCc1ccccc1)C(OC(=O)[C@@H](N)C(C)C)C(=O)O.CC[C@H](C)[C@H](N)C(=O)OC(CC(=O)OC(C)(C)C)C(OC(=O)[C@@H](N)[C@@H](C)CC)C(=O)O.CC[C@H](C)[C@H](N)C(=O)OC(CC(=O)OCc1ccccc1)C(=O)O. The van der Waals surface area contributed by atoms with Crippen LogP contribution in [-0.4, -0.2) is 182 Å². The highest BCUT2D eigenvalue weighted by Crippen LogP contribution is 2.22. The zero-order chi connectivity index (χ0) is 84.5. The molecule has 0 heterocycles. The van der Waals surface area contributed by atoms with E-state index in [1.165, 1.54) is 0 Å². The summed E-state index contributed by atoms with van der Waals surface area (Å²) in [7, 11) is 0. The Labute approximate surface area is 640 Å². The minimum absolute atomic E-state index is 0.0193. The molecule has 0 fully saturated rings. The molecule has 34 heteroatoms. The Morgan fingerprint density at radius 2 is 0.564 bits per heavy atom. The van der Waals surface area contributed by atoms with E-state index in [2.05, 4.69) is 0 Å². The third-order valence-corrected chi connectivity index (χ3v) is 16.4. The maximum atomic E-state index is 12.5. The molecule has 0 aliphatic carbocycles. The Morgan fingerprint density at radius 1 is 0.327 bits per heavy atom. The second-order valence-corrected chi connectivity index (χ2v) is 27.8. The lowest BCUT2D eigenvalue weighted by Gasteiger charge is -2.28. The Morgan fingerprint density at radius 3 is 0.818 bits per heavy atom. The normalized spacial score (nSPS) is 15.1. The van der Waals surface area contributed by atoms with Crippen LogP contribution in [0.3, 0.4) is 0 Å². The quantitative estimate of drug-likeness (QED) is 0.0265. The van der Waals surface area contributed by atoms with Gasteiger partial charge in [-0.05, 0) is 73.0 Å². The van der Waals surface area contributed by atoms with E-state index >= 15 is 0 Å². The van der Waals surface area contributed by atoms with Gasteiger partial charge in [0.15, 0.2) is 12.2 Å². The first-order chi connectivity index (χ1) is 51.2. The number of carboxylic acid groups (broad SMARTS) is 4. The summed E-state index contributed by atoms with van der Waals surface area (Å²) in [4.78, 5) is 167. The van der Waals surface area contributed by atoms with Gasteiger partial charge < -0.3 is 102 Å². The number of carbonyl (C=O) groups excluding carboxylic acids is 10. The number of ether oxygens (including phenoxy) is 10. The number of carbonyl (C=O) groups is 14. The third kappa shape index (κ3) is 39.9. The van der Waals surface area contributed by atoms with Gasteiger partial charge in [0.1, 0.15) is 61.7 Å². The van der Waals surface area contributed by atoms with Crippen LogP contribution in [0.4, 0.5) is 0 Å². The van der Waals surface area contributed by atoms with Crippen molar-refractivity contribution in [3.63, 3.8) is 0 Å². The molecule has 3 aromatic rings. The van der Waals surface area contributed by atoms with Gasteiger partial charge in [0.25, 0.3) is 0 Å². The number of aliphatic carboxylic acids is 4. The summed E-state index contributed by atoms with van der Waals surface area (Å²) in [5.74, 6) is -16.3. The van der Waals surface area contributed by atoms with Crippen molar-refractivity contribution in [3.8, 4) is 0 Å². The van der Waals surface area contributed by atoms with Crippen LogP contribution in [0.1, 0.15) is 165 Å². The van der Waals surface area contributed by atoms with E-state index in [0.29, 0.717) is 24.8 Å². The van der Waals surface area contributed by atoms with Gasteiger partial charge in [-0.15, -0.1) is 0 Å². The number of rotatable bonds is 41. The highest BCUT2D eigenvalue weighted by atomic mass is 16.6. The Hall–Kier alpha value is -10.0. The van der Waals surface area contributed by atoms with Crippen molar-refractivity contribution in [1.82, 2.24) is 0 Å². The summed E-state index contributed by atoms with van der Waals surface area (Å²) < 4.78 is 50.5. The fourth-order valence-electron chi connectivity index (χ4n) is 8.33. The molecule has 0 bridgehead atoms. The van der Waals surface area contributed by atoms with E-state index in [0.717, 1.165) is 11.1 Å². The summed E-state index contributed by atoms with van der Waals surface area (Å²) in [6.45, 7) is 25.6. The Balaban J connectivity index is 0.00000145. The van der Waals surface area contributed by atoms with Crippen molar-refractivity contribution < 1.29 is 135 Å². The molecule has 616 valence electrons. The number of carboxylic acids is 4.